The van der Waals surface area contributed by atoms with Gasteiger partial charge < -0.3 is 10.1 Å². The lowest BCUT2D eigenvalue weighted by molar-refractivity contribution is 0.0367. The molecule has 0 bridgehead atoms. The third-order valence-electron chi connectivity index (χ3n) is 5.13. The van der Waals surface area contributed by atoms with Gasteiger partial charge in [0.15, 0.2) is 0 Å². The summed E-state index contributed by atoms with van der Waals surface area (Å²) >= 11 is 0. The van der Waals surface area contributed by atoms with Crippen molar-refractivity contribution >= 4 is 0 Å². The van der Waals surface area contributed by atoms with Gasteiger partial charge in [0.05, 0.1) is 0 Å². The normalized spacial score (nSPS) is 23.0. The Kier molecular flexibility index (Phi) is 4.54. The van der Waals surface area contributed by atoms with E-state index in [0.717, 1.165) is 18.7 Å². The molecule has 1 N–H and O–H groups in total. The molecule has 1 fully saturated rings. The summed E-state index contributed by atoms with van der Waals surface area (Å²) in [5.74, 6) is 1.13. The average Bonchev–Trinajstić information content (AvgIpc) is 2.92. The first kappa shape index (κ1) is 14.9. The molecule has 0 radical (unpaired) electrons. The molecule has 1 aliphatic heterocycles. The molecule has 116 valence electrons. The smallest absolute Gasteiger partial charge is 0.124 e. The van der Waals surface area contributed by atoms with Crippen LogP contribution < -0.4 is 10.1 Å². The number of unbranched alkanes of at least 4 members (excludes halogenated alkanes) is 2. The zero-order valence-corrected chi connectivity index (χ0v) is 13.6. The van der Waals surface area contributed by atoms with Crippen LogP contribution >= 0.6 is 0 Å². The highest BCUT2D eigenvalue weighted by atomic mass is 16.5. The number of benzene rings is 1. The number of rotatable bonds is 5. The third kappa shape index (κ3) is 3.26. The Morgan fingerprint density at radius 1 is 1.24 bits per heavy atom. The molecule has 1 saturated carbocycles. The van der Waals surface area contributed by atoms with Gasteiger partial charge in [-0.25, -0.2) is 0 Å². The highest BCUT2D eigenvalue weighted by Crippen LogP contribution is 2.47. The highest BCUT2D eigenvalue weighted by molar-refractivity contribution is 5.42. The monoisotopic (exact) mass is 287 g/mol. The summed E-state index contributed by atoms with van der Waals surface area (Å²) in [4.78, 5) is 0. The van der Waals surface area contributed by atoms with Gasteiger partial charge in [0.25, 0.3) is 0 Å². The van der Waals surface area contributed by atoms with Crippen molar-refractivity contribution in [1.29, 1.82) is 0 Å². The Hall–Kier alpha value is -1.02. The second-order valence-corrected chi connectivity index (χ2v) is 6.95. The molecule has 1 spiro atoms. The number of aryl methyl sites for hydroxylation is 1. The van der Waals surface area contributed by atoms with Gasteiger partial charge in [-0.3, -0.25) is 0 Å². The Labute approximate surface area is 129 Å². The van der Waals surface area contributed by atoms with E-state index in [0.29, 0.717) is 6.04 Å². The Balaban J connectivity index is 1.78. The van der Waals surface area contributed by atoms with Crippen molar-refractivity contribution in [2.45, 2.75) is 76.9 Å². The Morgan fingerprint density at radius 2 is 2.05 bits per heavy atom. The summed E-state index contributed by atoms with van der Waals surface area (Å²) in [6.07, 6.45) is 10.1. The largest absolute Gasteiger partial charge is 0.487 e. The van der Waals surface area contributed by atoms with Crippen LogP contribution in [-0.2, 0) is 0 Å². The van der Waals surface area contributed by atoms with Crippen LogP contribution in [0, 0.1) is 6.92 Å². The van der Waals surface area contributed by atoms with Crippen molar-refractivity contribution < 1.29 is 4.74 Å². The van der Waals surface area contributed by atoms with E-state index in [-0.39, 0.29) is 5.60 Å². The summed E-state index contributed by atoms with van der Waals surface area (Å²) in [5.41, 5.74) is 2.83. The van der Waals surface area contributed by atoms with E-state index in [4.69, 9.17) is 4.74 Å². The molecule has 21 heavy (non-hydrogen) atoms. The van der Waals surface area contributed by atoms with E-state index in [2.05, 4.69) is 37.4 Å². The molecular weight excluding hydrogens is 258 g/mol. The molecule has 1 aromatic carbocycles. The maximum Gasteiger partial charge on any atom is 0.124 e. The van der Waals surface area contributed by atoms with Crippen LogP contribution in [0.2, 0.25) is 0 Å². The number of fused-ring (bicyclic) bond motifs is 1. The lowest BCUT2D eigenvalue weighted by atomic mass is 9.85. The van der Waals surface area contributed by atoms with E-state index < -0.39 is 0 Å². The predicted molar refractivity (Wildman–Crippen MR) is 87.9 cm³/mol. The molecule has 2 aliphatic rings. The van der Waals surface area contributed by atoms with Crippen LogP contribution in [0.1, 0.15) is 75.5 Å². The van der Waals surface area contributed by atoms with Crippen molar-refractivity contribution in [3.8, 4) is 5.75 Å². The molecule has 2 nitrogen and oxygen atoms in total. The van der Waals surface area contributed by atoms with E-state index in [1.165, 1.54) is 56.1 Å². The van der Waals surface area contributed by atoms with Gasteiger partial charge >= 0.3 is 0 Å². The topological polar surface area (TPSA) is 21.3 Å². The van der Waals surface area contributed by atoms with E-state index in [1.807, 2.05) is 0 Å². The summed E-state index contributed by atoms with van der Waals surface area (Å²) in [6, 6.07) is 7.16. The fourth-order valence-corrected chi connectivity index (χ4v) is 3.95. The van der Waals surface area contributed by atoms with Gasteiger partial charge in [0.2, 0.25) is 0 Å². The Bertz CT molecular complexity index is 476. The fourth-order valence-electron chi connectivity index (χ4n) is 3.95. The third-order valence-corrected chi connectivity index (χ3v) is 5.13. The van der Waals surface area contributed by atoms with Crippen LogP contribution in [0.25, 0.3) is 0 Å². The van der Waals surface area contributed by atoms with Gasteiger partial charge in [-0.1, -0.05) is 37.5 Å². The van der Waals surface area contributed by atoms with Crippen LogP contribution in [0.3, 0.4) is 0 Å². The molecule has 0 aromatic heterocycles. The predicted octanol–water partition coefficient (Wildman–Crippen LogP) is 4.91. The molecule has 3 rings (SSSR count). The quantitative estimate of drug-likeness (QED) is 0.777. The standard InChI is InChI=1S/C19H29NO/c1-3-4-7-12-20-17-14-19(10-5-6-11-19)21-18-9-8-15(2)13-16(17)18/h8-9,13,17,20H,3-7,10-12,14H2,1-2H3. The molecule has 1 aliphatic carbocycles. The summed E-state index contributed by atoms with van der Waals surface area (Å²) in [7, 11) is 0. The van der Waals surface area contributed by atoms with E-state index in [1.54, 1.807) is 0 Å². The molecule has 1 atom stereocenters. The van der Waals surface area contributed by atoms with Crippen molar-refractivity contribution in [2.75, 3.05) is 6.54 Å². The first-order valence-electron chi connectivity index (χ1n) is 8.75. The number of ether oxygens (including phenoxy) is 1. The molecule has 1 heterocycles. The van der Waals surface area contributed by atoms with Crippen LogP contribution in [0.5, 0.6) is 5.75 Å². The van der Waals surface area contributed by atoms with Gasteiger partial charge in [0, 0.05) is 18.0 Å². The Morgan fingerprint density at radius 3 is 2.81 bits per heavy atom. The fraction of sp³-hybridized carbons (Fsp3) is 0.684. The lowest BCUT2D eigenvalue weighted by Crippen LogP contribution is -2.42. The van der Waals surface area contributed by atoms with E-state index >= 15 is 0 Å². The van der Waals surface area contributed by atoms with Crippen LogP contribution in [-0.4, -0.2) is 12.1 Å². The minimum Gasteiger partial charge on any atom is -0.487 e. The first-order chi connectivity index (χ1) is 10.2. The maximum atomic E-state index is 6.45. The molecule has 0 amide bonds. The first-order valence-corrected chi connectivity index (χ1v) is 8.75. The molecule has 0 saturated heterocycles. The zero-order chi connectivity index (χ0) is 14.7. The highest BCUT2D eigenvalue weighted by Gasteiger charge is 2.42. The van der Waals surface area contributed by atoms with Crippen molar-refractivity contribution in [1.82, 2.24) is 5.32 Å². The molecule has 1 aromatic rings. The molecular formula is C19H29NO. The summed E-state index contributed by atoms with van der Waals surface area (Å²) in [5, 5.41) is 3.81. The number of hydrogen-bond acceptors (Lipinski definition) is 2. The van der Waals surface area contributed by atoms with Gasteiger partial charge in [0.1, 0.15) is 11.4 Å². The average molecular weight is 287 g/mol. The molecule has 2 heteroatoms. The van der Waals surface area contributed by atoms with Crippen LogP contribution in [0.15, 0.2) is 18.2 Å². The summed E-state index contributed by atoms with van der Waals surface area (Å²) in [6.45, 7) is 5.57. The van der Waals surface area contributed by atoms with Crippen molar-refractivity contribution in [2.24, 2.45) is 0 Å². The van der Waals surface area contributed by atoms with E-state index in [9.17, 15) is 0 Å². The van der Waals surface area contributed by atoms with Gasteiger partial charge in [-0.05, 0) is 51.6 Å². The number of hydrogen-bond donors (Lipinski definition) is 1. The maximum absolute atomic E-state index is 6.45. The number of nitrogens with one attached hydrogen (secondary N) is 1. The van der Waals surface area contributed by atoms with Crippen molar-refractivity contribution in [3.05, 3.63) is 29.3 Å². The molecule has 1 unspecified atom stereocenters. The minimum absolute atomic E-state index is 0.116. The summed E-state index contributed by atoms with van der Waals surface area (Å²) < 4.78 is 6.45. The lowest BCUT2D eigenvalue weighted by Gasteiger charge is -2.40. The van der Waals surface area contributed by atoms with Gasteiger partial charge in [-0.2, -0.15) is 0 Å². The second-order valence-electron chi connectivity index (χ2n) is 6.95. The minimum atomic E-state index is 0.116. The zero-order valence-electron chi connectivity index (χ0n) is 13.6. The van der Waals surface area contributed by atoms with Gasteiger partial charge in [-0.15, -0.1) is 0 Å². The SMILES string of the molecule is CCCCCNC1CC2(CCCC2)Oc2ccc(C)cc21. The van der Waals surface area contributed by atoms with Crippen molar-refractivity contribution in [3.63, 3.8) is 0 Å². The van der Waals surface area contributed by atoms with Crippen LogP contribution in [0.4, 0.5) is 0 Å². The second kappa shape index (κ2) is 6.39.